The van der Waals surface area contributed by atoms with Crippen LogP contribution in [0.15, 0.2) is 4.79 Å². The lowest BCUT2D eigenvalue weighted by molar-refractivity contribution is 0.285. The molecule has 0 saturated carbocycles. The lowest BCUT2D eigenvalue weighted by Gasteiger charge is -2.00. The van der Waals surface area contributed by atoms with Gasteiger partial charge in [-0.1, -0.05) is 6.92 Å². The summed E-state index contributed by atoms with van der Waals surface area (Å²) in [4.78, 5) is 13.3. The Morgan fingerprint density at radius 1 is 1.67 bits per heavy atom. The SMILES string of the molecule is CCCOc1[nH]c(=O)n(C)c1O. The Balaban J connectivity index is 2.86. The third-order valence-electron chi connectivity index (χ3n) is 1.50. The Bertz CT molecular complexity index is 313. The summed E-state index contributed by atoms with van der Waals surface area (Å²) in [6.45, 7) is 2.42. The van der Waals surface area contributed by atoms with E-state index in [2.05, 4.69) is 4.98 Å². The average molecular weight is 172 g/mol. The number of hydrogen-bond donors (Lipinski definition) is 2. The monoisotopic (exact) mass is 172 g/mol. The van der Waals surface area contributed by atoms with E-state index in [0.29, 0.717) is 6.61 Å². The molecule has 2 N–H and O–H groups in total. The van der Waals surface area contributed by atoms with Gasteiger partial charge in [0.1, 0.15) is 0 Å². The predicted molar refractivity (Wildman–Crippen MR) is 43.5 cm³/mol. The van der Waals surface area contributed by atoms with Gasteiger partial charge in [0, 0.05) is 7.05 Å². The fraction of sp³-hybridized carbons (Fsp3) is 0.571. The topological polar surface area (TPSA) is 67.2 Å². The van der Waals surface area contributed by atoms with E-state index >= 15 is 0 Å². The summed E-state index contributed by atoms with van der Waals surface area (Å²) < 4.78 is 6.15. The van der Waals surface area contributed by atoms with Crippen molar-refractivity contribution in [2.45, 2.75) is 13.3 Å². The quantitative estimate of drug-likeness (QED) is 0.684. The van der Waals surface area contributed by atoms with E-state index in [1.165, 1.54) is 7.05 Å². The second-order valence-corrected chi connectivity index (χ2v) is 2.49. The number of nitrogens with zero attached hydrogens (tertiary/aromatic N) is 1. The van der Waals surface area contributed by atoms with E-state index in [0.717, 1.165) is 11.0 Å². The first kappa shape index (κ1) is 8.70. The molecule has 68 valence electrons. The van der Waals surface area contributed by atoms with Gasteiger partial charge in [-0.2, -0.15) is 0 Å². The molecule has 5 nitrogen and oxygen atoms in total. The number of hydrogen-bond acceptors (Lipinski definition) is 3. The third-order valence-corrected chi connectivity index (χ3v) is 1.50. The fourth-order valence-electron chi connectivity index (χ4n) is 0.790. The molecule has 0 bridgehead atoms. The molecule has 0 aliphatic rings. The smallest absolute Gasteiger partial charge is 0.331 e. The molecule has 0 radical (unpaired) electrons. The Morgan fingerprint density at radius 3 is 2.75 bits per heavy atom. The molecule has 0 aliphatic heterocycles. The standard InChI is InChI=1S/C7H12N2O3/c1-3-4-12-5-6(10)9(2)7(11)8-5/h10H,3-4H2,1-2H3,(H,8,11). The molecular formula is C7H12N2O3. The van der Waals surface area contributed by atoms with Crippen molar-refractivity contribution in [2.24, 2.45) is 7.05 Å². The second-order valence-electron chi connectivity index (χ2n) is 2.49. The highest BCUT2D eigenvalue weighted by Gasteiger charge is 2.09. The van der Waals surface area contributed by atoms with E-state index in [-0.39, 0.29) is 17.4 Å². The molecule has 1 aromatic heterocycles. The zero-order valence-corrected chi connectivity index (χ0v) is 7.13. The molecule has 0 aromatic carbocycles. The van der Waals surface area contributed by atoms with Gasteiger partial charge in [-0.25, -0.2) is 4.79 Å². The number of ether oxygens (including phenoxy) is 1. The minimum absolute atomic E-state index is 0.143. The molecule has 1 heterocycles. The molecule has 0 aliphatic carbocycles. The first-order chi connectivity index (χ1) is 5.66. The highest BCUT2D eigenvalue weighted by Crippen LogP contribution is 2.19. The summed E-state index contributed by atoms with van der Waals surface area (Å²) in [5, 5.41) is 9.25. The maximum Gasteiger partial charge on any atom is 0.331 e. The normalized spacial score (nSPS) is 10.2. The molecule has 0 saturated heterocycles. The van der Waals surface area contributed by atoms with Gasteiger partial charge in [0.15, 0.2) is 0 Å². The van der Waals surface area contributed by atoms with Crippen LogP contribution in [0, 0.1) is 0 Å². The summed E-state index contributed by atoms with van der Waals surface area (Å²) in [6.07, 6.45) is 0.830. The van der Waals surface area contributed by atoms with Gasteiger partial charge in [0.25, 0.3) is 11.8 Å². The van der Waals surface area contributed by atoms with Crippen molar-refractivity contribution in [3.8, 4) is 11.8 Å². The summed E-state index contributed by atoms with van der Waals surface area (Å²) in [5.41, 5.74) is -0.376. The molecule has 0 amide bonds. The Kier molecular flexibility index (Phi) is 2.42. The van der Waals surface area contributed by atoms with Crippen LogP contribution in [0.5, 0.6) is 11.8 Å². The van der Waals surface area contributed by atoms with Crippen molar-refractivity contribution >= 4 is 0 Å². The highest BCUT2D eigenvalue weighted by molar-refractivity contribution is 5.24. The van der Waals surface area contributed by atoms with E-state index < -0.39 is 0 Å². The first-order valence-electron chi connectivity index (χ1n) is 3.77. The maximum atomic E-state index is 10.9. The van der Waals surface area contributed by atoms with Crippen LogP contribution in [-0.2, 0) is 7.05 Å². The molecule has 12 heavy (non-hydrogen) atoms. The number of H-pyrrole nitrogens is 1. The Morgan fingerprint density at radius 2 is 2.33 bits per heavy atom. The minimum Gasteiger partial charge on any atom is -0.491 e. The van der Waals surface area contributed by atoms with Gasteiger partial charge in [0.05, 0.1) is 6.61 Å². The summed E-state index contributed by atoms with van der Waals surface area (Å²) in [6, 6.07) is 0. The molecule has 0 spiro atoms. The van der Waals surface area contributed by atoms with Crippen molar-refractivity contribution in [1.82, 2.24) is 9.55 Å². The molecule has 0 unspecified atom stereocenters. The molecule has 1 rings (SSSR count). The molecule has 0 fully saturated rings. The maximum absolute atomic E-state index is 10.9. The van der Waals surface area contributed by atoms with Crippen molar-refractivity contribution in [2.75, 3.05) is 6.61 Å². The number of aromatic nitrogens is 2. The molecular weight excluding hydrogens is 160 g/mol. The van der Waals surface area contributed by atoms with E-state index in [1.54, 1.807) is 0 Å². The van der Waals surface area contributed by atoms with Gasteiger partial charge in [0.2, 0.25) is 0 Å². The largest absolute Gasteiger partial charge is 0.491 e. The fourth-order valence-corrected chi connectivity index (χ4v) is 0.790. The predicted octanol–water partition coefficient (Wildman–Crippen LogP) is 0.208. The van der Waals surface area contributed by atoms with Crippen molar-refractivity contribution in [1.29, 1.82) is 0 Å². The van der Waals surface area contributed by atoms with Crippen molar-refractivity contribution < 1.29 is 9.84 Å². The van der Waals surface area contributed by atoms with Crippen molar-refractivity contribution in [3.05, 3.63) is 10.5 Å². The Labute approximate surface area is 69.6 Å². The minimum atomic E-state index is -0.376. The summed E-state index contributed by atoms with van der Waals surface area (Å²) >= 11 is 0. The van der Waals surface area contributed by atoms with E-state index in [1.807, 2.05) is 6.92 Å². The van der Waals surface area contributed by atoms with Gasteiger partial charge >= 0.3 is 5.69 Å². The number of aromatic amines is 1. The first-order valence-corrected chi connectivity index (χ1v) is 3.77. The number of nitrogens with one attached hydrogen (secondary N) is 1. The van der Waals surface area contributed by atoms with Crippen LogP contribution < -0.4 is 10.4 Å². The third kappa shape index (κ3) is 1.44. The second kappa shape index (κ2) is 3.34. The molecule has 1 aromatic rings. The van der Waals surface area contributed by atoms with Crippen LogP contribution in [-0.4, -0.2) is 21.3 Å². The van der Waals surface area contributed by atoms with Crippen LogP contribution in [0.2, 0.25) is 0 Å². The van der Waals surface area contributed by atoms with E-state index in [9.17, 15) is 9.90 Å². The van der Waals surface area contributed by atoms with Crippen LogP contribution >= 0.6 is 0 Å². The molecule has 0 atom stereocenters. The van der Waals surface area contributed by atoms with Crippen LogP contribution in [0.4, 0.5) is 0 Å². The van der Waals surface area contributed by atoms with Gasteiger partial charge in [-0.15, -0.1) is 0 Å². The highest BCUT2D eigenvalue weighted by atomic mass is 16.5. The lowest BCUT2D eigenvalue weighted by atomic mass is 10.5. The van der Waals surface area contributed by atoms with Gasteiger partial charge in [-0.3, -0.25) is 9.55 Å². The summed E-state index contributed by atoms with van der Waals surface area (Å²) in [7, 11) is 1.47. The summed E-state index contributed by atoms with van der Waals surface area (Å²) in [5.74, 6) is -0.0159. The van der Waals surface area contributed by atoms with E-state index in [4.69, 9.17) is 4.74 Å². The van der Waals surface area contributed by atoms with Crippen LogP contribution in [0.25, 0.3) is 0 Å². The van der Waals surface area contributed by atoms with Crippen molar-refractivity contribution in [3.63, 3.8) is 0 Å². The zero-order chi connectivity index (χ0) is 9.14. The lowest BCUT2D eigenvalue weighted by Crippen LogP contribution is -2.11. The molecule has 5 heteroatoms. The van der Waals surface area contributed by atoms with Crippen LogP contribution in [0.3, 0.4) is 0 Å². The number of rotatable bonds is 3. The zero-order valence-electron chi connectivity index (χ0n) is 7.13. The van der Waals surface area contributed by atoms with Gasteiger partial charge < -0.3 is 9.84 Å². The van der Waals surface area contributed by atoms with Crippen LogP contribution in [0.1, 0.15) is 13.3 Å². The Hall–Kier alpha value is -1.39. The van der Waals surface area contributed by atoms with Gasteiger partial charge in [-0.05, 0) is 6.42 Å². The number of imidazole rings is 1. The number of aromatic hydroxyl groups is 1. The average Bonchev–Trinajstić information content (AvgIpc) is 2.30.